The number of hydrogen-bond donors (Lipinski definition) is 2. The van der Waals surface area contributed by atoms with Gasteiger partial charge in [0.05, 0.1) is 19.8 Å². The molecule has 1 unspecified atom stereocenters. The molecule has 1 amide bonds. The smallest absolute Gasteiger partial charge is 0.220 e. The van der Waals surface area contributed by atoms with Gasteiger partial charge in [-0.3, -0.25) is 4.79 Å². The summed E-state index contributed by atoms with van der Waals surface area (Å²) in [7, 11) is 1.62. The Morgan fingerprint density at radius 1 is 1.32 bits per heavy atom. The van der Waals surface area contributed by atoms with Crippen molar-refractivity contribution in [3.05, 3.63) is 23.8 Å². The van der Waals surface area contributed by atoms with Crippen molar-refractivity contribution in [1.29, 1.82) is 0 Å². The van der Waals surface area contributed by atoms with E-state index in [1.165, 1.54) is 0 Å². The van der Waals surface area contributed by atoms with Crippen LogP contribution in [0.2, 0.25) is 0 Å². The van der Waals surface area contributed by atoms with Crippen LogP contribution in [0.1, 0.15) is 51.1 Å². The van der Waals surface area contributed by atoms with Crippen LogP contribution in [0.4, 0.5) is 0 Å². The monoisotopic (exact) mass is 308 g/mol. The maximum Gasteiger partial charge on any atom is 0.220 e. The van der Waals surface area contributed by atoms with Crippen LogP contribution in [0.3, 0.4) is 0 Å². The van der Waals surface area contributed by atoms with E-state index in [9.17, 15) is 4.79 Å². The summed E-state index contributed by atoms with van der Waals surface area (Å²) in [6.45, 7) is 5.28. The van der Waals surface area contributed by atoms with Gasteiger partial charge >= 0.3 is 0 Å². The third kappa shape index (κ3) is 5.93. The van der Waals surface area contributed by atoms with Gasteiger partial charge in [-0.25, -0.2) is 0 Å². The van der Waals surface area contributed by atoms with E-state index in [1.807, 2.05) is 25.1 Å². The normalized spacial score (nSPS) is 11.8. The molecular formula is C17H28N2O3. The maximum atomic E-state index is 11.8. The van der Waals surface area contributed by atoms with Crippen LogP contribution in [-0.4, -0.2) is 26.2 Å². The summed E-state index contributed by atoms with van der Waals surface area (Å²) >= 11 is 0. The van der Waals surface area contributed by atoms with Crippen molar-refractivity contribution >= 4 is 5.91 Å². The first kappa shape index (κ1) is 18.3. The fourth-order valence-corrected chi connectivity index (χ4v) is 2.06. The van der Waals surface area contributed by atoms with E-state index in [2.05, 4.69) is 12.2 Å². The second-order valence-electron chi connectivity index (χ2n) is 5.29. The number of methoxy groups -OCH3 is 1. The quantitative estimate of drug-likeness (QED) is 0.652. The summed E-state index contributed by atoms with van der Waals surface area (Å²) < 4.78 is 11.1. The molecule has 0 aliphatic heterocycles. The molecular weight excluding hydrogens is 280 g/mol. The van der Waals surface area contributed by atoms with E-state index < -0.39 is 0 Å². The number of hydrogen-bond acceptors (Lipinski definition) is 4. The zero-order valence-corrected chi connectivity index (χ0v) is 13.9. The molecule has 22 heavy (non-hydrogen) atoms. The Balaban J connectivity index is 2.68. The molecule has 0 fully saturated rings. The van der Waals surface area contributed by atoms with Gasteiger partial charge in [0.15, 0.2) is 11.5 Å². The van der Waals surface area contributed by atoms with Crippen LogP contribution in [0.5, 0.6) is 11.5 Å². The van der Waals surface area contributed by atoms with Crippen LogP contribution in [0.15, 0.2) is 18.2 Å². The van der Waals surface area contributed by atoms with Gasteiger partial charge in [-0.2, -0.15) is 0 Å². The molecule has 1 atom stereocenters. The van der Waals surface area contributed by atoms with Crippen molar-refractivity contribution in [1.82, 2.24) is 5.32 Å². The van der Waals surface area contributed by atoms with Crippen LogP contribution < -0.4 is 20.5 Å². The van der Waals surface area contributed by atoms with Crippen molar-refractivity contribution in [3.63, 3.8) is 0 Å². The van der Waals surface area contributed by atoms with E-state index in [0.717, 1.165) is 24.2 Å². The van der Waals surface area contributed by atoms with Gasteiger partial charge in [-0.1, -0.05) is 19.4 Å². The third-order valence-electron chi connectivity index (χ3n) is 3.43. The highest BCUT2D eigenvalue weighted by atomic mass is 16.5. The lowest BCUT2D eigenvalue weighted by atomic mass is 10.1. The number of ether oxygens (including phenoxy) is 2. The number of nitrogens with two attached hydrogens (primary N) is 1. The molecule has 0 radical (unpaired) electrons. The lowest BCUT2D eigenvalue weighted by Gasteiger charge is -2.17. The Labute approximate surface area is 133 Å². The molecule has 0 aliphatic carbocycles. The molecule has 1 aromatic carbocycles. The standard InChI is InChI=1S/C17H28N2O3/c1-4-5-11-22-15-9-8-14(12-16(15)21-3)13(2)19-17(20)7-6-10-18/h8-9,12-13H,4-7,10-11,18H2,1-3H3,(H,19,20). The van der Waals surface area contributed by atoms with Gasteiger partial charge < -0.3 is 20.5 Å². The summed E-state index contributed by atoms with van der Waals surface area (Å²) in [5, 5.41) is 2.96. The van der Waals surface area contributed by atoms with E-state index >= 15 is 0 Å². The van der Waals surface area contributed by atoms with Gasteiger partial charge in [-0.05, 0) is 44.0 Å². The number of amides is 1. The van der Waals surface area contributed by atoms with Crippen LogP contribution in [0, 0.1) is 0 Å². The Kier molecular flexibility index (Phi) is 8.36. The predicted molar refractivity (Wildman–Crippen MR) is 88.2 cm³/mol. The highest BCUT2D eigenvalue weighted by Gasteiger charge is 2.12. The second-order valence-corrected chi connectivity index (χ2v) is 5.29. The first-order valence-corrected chi connectivity index (χ1v) is 7.92. The average molecular weight is 308 g/mol. The van der Waals surface area contributed by atoms with E-state index in [1.54, 1.807) is 7.11 Å². The number of nitrogens with one attached hydrogen (secondary N) is 1. The lowest BCUT2D eigenvalue weighted by Crippen LogP contribution is -2.26. The summed E-state index contributed by atoms with van der Waals surface area (Å²) in [6, 6.07) is 5.68. The third-order valence-corrected chi connectivity index (χ3v) is 3.43. The molecule has 1 rings (SSSR count). The maximum absolute atomic E-state index is 11.8. The SMILES string of the molecule is CCCCOc1ccc(C(C)NC(=O)CCCN)cc1OC. The Bertz CT molecular complexity index is 463. The van der Waals surface area contributed by atoms with Gasteiger partial charge in [0.2, 0.25) is 5.91 Å². The molecule has 1 aromatic rings. The first-order valence-electron chi connectivity index (χ1n) is 7.92. The molecule has 0 aliphatic rings. The fourth-order valence-electron chi connectivity index (χ4n) is 2.06. The number of carbonyl (C=O) groups excluding carboxylic acids is 1. The first-order chi connectivity index (χ1) is 10.6. The van der Waals surface area contributed by atoms with Gasteiger partial charge in [0.25, 0.3) is 0 Å². The Morgan fingerprint density at radius 2 is 2.09 bits per heavy atom. The average Bonchev–Trinajstić information content (AvgIpc) is 2.53. The topological polar surface area (TPSA) is 73.6 Å². The van der Waals surface area contributed by atoms with Gasteiger partial charge in [0.1, 0.15) is 0 Å². The minimum atomic E-state index is -0.0798. The molecule has 0 saturated heterocycles. The zero-order valence-electron chi connectivity index (χ0n) is 13.9. The zero-order chi connectivity index (χ0) is 16.4. The predicted octanol–water partition coefficient (Wildman–Crippen LogP) is 2.79. The van der Waals surface area contributed by atoms with E-state index in [4.69, 9.17) is 15.2 Å². The molecule has 0 spiro atoms. The van der Waals surface area contributed by atoms with Crippen molar-refractivity contribution in [2.75, 3.05) is 20.3 Å². The summed E-state index contributed by atoms with van der Waals surface area (Å²) in [4.78, 5) is 11.8. The van der Waals surface area contributed by atoms with E-state index in [-0.39, 0.29) is 11.9 Å². The number of benzene rings is 1. The fraction of sp³-hybridized carbons (Fsp3) is 0.588. The van der Waals surface area contributed by atoms with Gasteiger partial charge in [-0.15, -0.1) is 0 Å². The molecule has 0 aromatic heterocycles. The molecule has 0 saturated carbocycles. The second kappa shape index (κ2) is 10.1. The highest BCUT2D eigenvalue weighted by molar-refractivity contribution is 5.76. The Hall–Kier alpha value is -1.75. The number of rotatable bonds is 10. The molecule has 0 bridgehead atoms. The summed E-state index contributed by atoms with van der Waals surface area (Å²) in [6.07, 6.45) is 3.26. The van der Waals surface area contributed by atoms with Crippen LogP contribution in [0.25, 0.3) is 0 Å². The number of carbonyl (C=O) groups is 1. The molecule has 124 valence electrons. The van der Waals surface area contributed by atoms with Crippen molar-refractivity contribution in [2.45, 2.75) is 45.6 Å². The minimum absolute atomic E-state index is 0.0141. The molecule has 3 N–H and O–H groups in total. The van der Waals surface area contributed by atoms with E-state index in [0.29, 0.717) is 31.7 Å². The summed E-state index contributed by atoms with van der Waals surface area (Å²) in [5.74, 6) is 1.44. The van der Waals surface area contributed by atoms with Crippen molar-refractivity contribution in [3.8, 4) is 11.5 Å². The number of unbranched alkanes of at least 4 members (excludes halogenated alkanes) is 1. The van der Waals surface area contributed by atoms with Crippen LogP contribution >= 0.6 is 0 Å². The largest absolute Gasteiger partial charge is 0.493 e. The van der Waals surface area contributed by atoms with Crippen molar-refractivity contribution in [2.24, 2.45) is 5.73 Å². The Morgan fingerprint density at radius 3 is 2.73 bits per heavy atom. The minimum Gasteiger partial charge on any atom is -0.493 e. The van der Waals surface area contributed by atoms with Crippen molar-refractivity contribution < 1.29 is 14.3 Å². The summed E-state index contributed by atoms with van der Waals surface area (Å²) in [5.41, 5.74) is 6.40. The molecule has 0 heterocycles. The molecule has 5 nitrogen and oxygen atoms in total. The lowest BCUT2D eigenvalue weighted by molar-refractivity contribution is -0.121. The van der Waals surface area contributed by atoms with Crippen LogP contribution in [-0.2, 0) is 4.79 Å². The highest BCUT2D eigenvalue weighted by Crippen LogP contribution is 2.30. The van der Waals surface area contributed by atoms with Gasteiger partial charge in [0, 0.05) is 6.42 Å². The molecule has 5 heteroatoms.